The zero-order chi connectivity index (χ0) is 13.7. The molecule has 1 amide bonds. The number of aliphatic hydroxyl groups excluding tert-OH is 1. The Morgan fingerprint density at radius 3 is 2.67 bits per heavy atom. The summed E-state index contributed by atoms with van der Waals surface area (Å²) in [6, 6.07) is 3.61. The molecule has 1 aromatic heterocycles. The predicted molar refractivity (Wildman–Crippen MR) is 79.7 cm³/mol. The molecule has 0 aromatic carbocycles. The zero-order valence-corrected chi connectivity index (χ0v) is 13.0. The molecule has 1 heterocycles. The number of nitrogens with one attached hydrogen (secondary N) is 1. The van der Waals surface area contributed by atoms with Crippen LogP contribution in [0.2, 0.25) is 4.34 Å². The van der Waals surface area contributed by atoms with E-state index in [1.807, 2.05) is 26.2 Å². The van der Waals surface area contributed by atoms with Crippen LogP contribution in [0, 0.1) is 0 Å². The molecule has 1 aromatic rings. The smallest absolute Gasteiger partial charge is 0.228 e. The Morgan fingerprint density at radius 1 is 1.56 bits per heavy atom. The third-order valence-corrected chi connectivity index (χ3v) is 5.40. The lowest BCUT2D eigenvalue weighted by Gasteiger charge is -2.22. The van der Waals surface area contributed by atoms with Crippen molar-refractivity contribution in [2.45, 2.75) is 31.1 Å². The van der Waals surface area contributed by atoms with Crippen molar-refractivity contribution in [2.24, 2.45) is 0 Å². The van der Waals surface area contributed by atoms with E-state index in [1.165, 1.54) is 11.3 Å². The summed E-state index contributed by atoms with van der Waals surface area (Å²) < 4.78 is 0.690. The van der Waals surface area contributed by atoms with E-state index < -0.39 is 0 Å². The summed E-state index contributed by atoms with van der Waals surface area (Å²) in [4.78, 5) is 13.0. The number of halogens is 1. The van der Waals surface area contributed by atoms with Crippen molar-refractivity contribution in [1.82, 2.24) is 5.32 Å². The Hall–Kier alpha value is -0.230. The topological polar surface area (TPSA) is 49.3 Å². The third kappa shape index (κ3) is 4.16. The fourth-order valence-corrected chi connectivity index (χ4v) is 3.31. The molecule has 0 aliphatic heterocycles. The minimum absolute atomic E-state index is 0.0214. The van der Waals surface area contributed by atoms with Crippen LogP contribution in [0.4, 0.5) is 0 Å². The minimum atomic E-state index is -0.217. The van der Waals surface area contributed by atoms with Crippen LogP contribution in [0.1, 0.15) is 24.6 Å². The van der Waals surface area contributed by atoms with Crippen molar-refractivity contribution in [1.29, 1.82) is 0 Å². The lowest BCUT2D eigenvalue weighted by atomic mass is 10.1. The Kier molecular flexibility index (Phi) is 6.49. The van der Waals surface area contributed by atoms with Crippen molar-refractivity contribution >= 4 is 40.6 Å². The van der Waals surface area contributed by atoms with Gasteiger partial charge >= 0.3 is 0 Å². The van der Waals surface area contributed by atoms with Crippen LogP contribution in [0.15, 0.2) is 12.1 Å². The Balaban J connectivity index is 2.60. The molecule has 0 aliphatic carbocycles. The second kappa shape index (κ2) is 7.38. The van der Waals surface area contributed by atoms with E-state index in [-0.39, 0.29) is 29.7 Å². The van der Waals surface area contributed by atoms with Crippen molar-refractivity contribution < 1.29 is 9.90 Å². The molecule has 0 bridgehead atoms. The molecule has 18 heavy (non-hydrogen) atoms. The van der Waals surface area contributed by atoms with Gasteiger partial charge in [0.05, 0.1) is 16.9 Å². The summed E-state index contributed by atoms with van der Waals surface area (Å²) in [5.74, 6) is -0.250. The summed E-state index contributed by atoms with van der Waals surface area (Å²) in [5, 5.41) is 12.1. The Labute approximate surface area is 121 Å². The molecule has 0 fully saturated rings. The standard InChI is InChI=1S/C12H18ClNO2S2/c1-7(9-4-5-11(13)18-9)12(16)14-8(2)10(6-15)17-3/h4-5,7-8,10,15H,6H2,1-3H3,(H,14,16). The normalized spacial score (nSPS) is 16.1. The van der Waals surface area contributed by atoms with Gasteiger partial charge in [-0.1, -0.05) is 11.6 Å². The maximum Gasteiger partial charge on any atom is 0.228 e. The summed E-state index contributed by atoms with van der Waals surface area (Å²) in [6.07, 6.45) is 1.92. The molecule has 3 unspecified atom stereocenters. The average molecular weight is 308 g/mol. The van der Waals surface area contributed by atoms with E-state index in [0.29, 0.717) is 4.34 Å². The van der Waals surface area contributed by atoms with E-state index >= 15 is 0 Å². The second-order valence-electron chi connectivity index (χ2n) is 4.12. The third-order valence-electron chi connectivity index (χ3n) is 2.82. The molecule has 0 radical (unpaired) electrons. The molecule has 0 saturated carbocycles. The van der Waals surface area contributed by atoms with Crippen molar-refractivity contribution in [3.63, 3.8) is 0 Å². The number of thioether (sulfide) groups is 1. The predicted octanol–water partition coefficient (Wildman–Crippen LogP) is 2.73. The fraction of sp³-hybridized carbons (Fsp3) is 0.583. The molecule has 0 saturated heterocycles. The maximum atomic E-state index is 12.1. The fourth-order valence-electron chi connectivity index (χ4n) is 1.57. The first kappa shape index (κ1) is 15.8. The van der Waals surface area contributed by atoms with E-state index in [9.17, 15) is 9.90 Å². The average Bonchev–Trinajstić information content (AvgIpc) is 2.76. The van der Waals surface area contributed by atoms with Crippen LogP contribution < -0.4 is 5.32 Å². The summed E-state index contributed by atoms with van der Waals surface area (Å²) in [7, 11) is 0. The van der Waals surface area contributed by atoms with Crippen LogP contribution in [0.3, 0.4) is 0 Å². The highest BCUT2D eigenvalue weighted by Gasteiger charge is 2.22. The van der Waals surface area contributed by atoms with Gasteiger partial charge in [0.2, 0.25) is 5.91 Å². The molecule has 2 N–H and O–H groups in total. The van der Waals surface area contributed by atoms with Gasteiger partial charge in [0.25, 0.3) is 0 Å². The van der Waals surface area contributed by atoms with Crippen LogP contribution >= 0.6 is 34.7 Å². The Morgan fingerprint density at radius 2 is 2.22 bits per heavy atom. The second-order valence-corrected chi connectivity index (χ2v) is 6.94. The first-order valence-electron chi connectivity index (χ1n) is 5.68. The van der Waals surface area contributed by atoms with Crippen molar-refractivity contribution in [2.75, 3.05) is 12.9 Å². The number of rotatable bonds is 6. The minimum Gasteiger partial charge on any atom is -0.395 e. The first-order chi connectivity index (χ1) is 8.49. The molecule has 3 nitrogen and oxygen atoms in total. The van der Waals surface area contributed by atoms with Gasteiger partial charge in [0.15, 0.2) is 0 Å². The van der Waals surface area contributed by atoms with Gasteiger partial charge in [-0.05, 0) is 32.2 Å². The number of hydrogen-bond donors (Lipinski definition) is 2. The van der Waals surface area contributed by atoms with Gasteiger partial charge in [-0.3, -0.25) is 4.79 Å². The summed E-state index contributed by atoms with van der Waals surface area (Å²) in [5.41, 5.74) is 0. The number of amides is 1. The number of hydrogen-bond acceptors (Lipinski definition) is 4. The van der Waals surface area contributed by atoms with Crippen LogP contribution in [-0.2, 0) is 4.79 Å². The highest BCUT2D eigenvalue weighted by Crippen LogP contribution is 2.28. The van der Waals surface area contributed by atoms with Gasteiger partial charge in [-0.2, -0.15) is 11.8 Å². The monoisotopic (exact) mass is 307 g/mol. The molecule has 1 rings (SSSR count). The van der Waals surface area contributed by atoms with E-state index in [2.05, 4.69) is 5.32 Å². The SMILES string of the molecule is CSC(CO)C(C)NC(=O)C(C)c1ccc(Cl)s1. The molecule has 0 spiro atoms. The summed E-state index contributed by atoms with van der Waals surface area (Å²) >= 11 is 8.83. The van der Waals surface area contributed by atoms with E-state index in [4.69, 9.17) is 11.6 Å². The maximum absolute atomic E-state index is 12.1. The Bertz CT molecular complexity index is 393. The number of aliphatic hydroxyl groups is 1. The van der Waals surface area contributed by atoms with E-state index in [0.717, 1.165) is 4.88 Å². The van der Waals surface area contributed by atoms with E-state index in [1.54, 1.807) is 17.8 Å². The number of carbonyl (C=O) groups excluding carboxylic acids is 1. The summed E-state index contributed by atoms with van der Waals surface area (Å²) in [6.45, 7) is 3.82. The number of thiophene rings is 1. The van der Waals surface area contributed by atoms with Gasteiger partial charge < -0.3 is 10.4 Å². The molecular weight excluding hydrogens is 290 g/mol. The molecular formula is C12H18ClNO2S2. The van der Waals surface area contributed by atoms with Crippen molar-refractivity contribution in [3.05, 3.63) is 21.3 Å². The first-order valence-corrected chi connectivity index (χ1v) is 8.17. The van der Waals surface area contributed by atoms with Gasteiger partial charge in [0, 0.05) is 16.2 Å². The van der Waals surface area contributed by atoms with Crippen molar-refractivity contribution in [3.8, 4) is 0 Å². The highest BCUT2D eigenvalue weighted by molar-refractivity contribution is 7.99. The largest absolute Gasteiger partial charge is 0.395 e. The van der Waals surface area contributed by atoms with Crippen LogP contribution in [0.5, 0.6) is 0 Å². The van der Waals surface area contributed by atoms with Crippen LogP contribution in [0.25, 0.3) is 0 Å². The van der Waals surface area contributed by atoms with Crippen LogP contribution in [-0.4, -0.2) is 35.2 Å². The lowest BCUT2D eigenvalue weighted by Crippen LogP contribution is -2.42. The van der Waals surface area contributed by atoms with Gasteiger partial charge in [-0.25, -0.2) is 0 Å². The van der Waals surface area contributed by atoms with Gasteiger partial charge in [-0.15, -0.1) is 11.3 Å². The molecule has 6 heteroatoms. The lowest BCUT2D eigenvalue weighted by molar-refractivity contribution is -0.122. The van der Waals surface area contributed by atoms with Gasteiger partial charge in [0.1, 0.15) is 0 Å². The zero-order valence-electron chi connectivity index (χ0n) is 10.6. The molecule has 3 atom stereocenters. The molecule has 0 aliphatic rings. The molecule has 102 valence electrons. The highest BCUT2D eigenvalue weighted by atomic mass is 35.5. The quantitative estimate of drug-likeness (QED) is 0.849. The number of carbonyl (C=O) groups is 1.